The van der Waals surface area contributed by atoms with Crippen LogP contribution >= 0.6 is 11.3 Å². The van der Waals surface area contributed by atoms with Crippen molar-refractivity contribution in [3.63, 3.8) is 0 Å². The number of hydrogen-bond donors (Lipinski definition) is 1. The summed E-state index contributed by atoms with van der Waals surface area (Å²) in [5, 5.41) is 5.51. The molecular formula is C19H24N2OS. The topological polar surface area (TPSA) is 32.3 Å². The molecule has 0 bridgehead atoms. The number of ketones is 1. The van der Waals surface area contributed by atoms with E-state index in [1.165, 1.54) is 23.3 Å². The molecule has 4 heteroatoms. The molecule has 1 unspecified atom stereocenters. The Balaban J connectivity index is 1.56. The molecule has 0 saturated carbocycles. The second kappa shape index (κ2) is 7.86. The third kappa shape index (κ3) is 4.28. The van der Waals surface area contributed by atoms with Crippen molar-refractivity contribution in [1.82, 2.24) is 10.2 Å². The Kier molecular flexibility index (Phi) is 5.60. The molecule has 1 atom stereocenters. The maximum absolute atomic E-state index is 12.3. The highest BCUT2D eigenvalue weighted by Crippen LogP contribution is 2.27. The number of carbonyl (C=O) groups excluding carboxylic acids is 1. The number of hydrogen-bond acceptors (Lipinski definition) is 4. The number of aryl methyl sites for hydroxylation is 1. The lowest BCUT2D eigenvalue weighted by Gasteiger charge is -2.26. The van der Waals surface area contributed by atoms with Gasteiger partial charge in [0, 0.05) is 17.0 Å². The van der Waals surface area contributed by atoms with Crippen LogP contribution < -0.4 is 5.32 Å². The molecule has 1 N–H and O–H groups in total. The van der Waals surface area contributed by atoms with E-state index in [2.05, 4.69) is 27.7 Å². The van der Waals surface area contributed by atoms with Gasteiger partial charge in [0.25, 0.3) is 0 Å². The first-order valence-electron chi connectivity index (χ1n) is 8.32. The van der Waals surface area contributed by atoms with Gasteiger partial charge >= 0.3 is 0 Å². The van der Waals surface area contributed by atoms with Gasteiger partial charge in [-0.05, 0) is 44.3 Å². The maximum Gasteiger partial charge on any atom is 0.176 e. The predicted octanol–water partition coefficient (Wildman–Crippen LogP) is 3.67. The highest BCUT2D eigenvalue weighted by atomic mass is 32.1. The lowest BCUT2D eigenvalue weighted by atomic mass is 10.1. The van der Waals surface area contributed by atoms with Crippen molar-refractivity contribution < 1.29 is 4.79 Å². The van der Waals surface area contributed by atoms with E-state index in [-0.39, 0.29) is 5.78 Å². The van der Waals surface area contributed by atoms with Gasteiger partial charge in [0.15, 0.2) is 5.78 Å². The van der Waals surface area contributed by atoms with Gasteiger partial charge in [-0.2, -0.15) is 0 Å². The summed E-state index contributed by atoms with van der Waals surface area (Å²) in [4.78, 5) is 16.2. The van der Waals surface area contributed by atoms with Crippen molar-refractivity contribution in [1.29, 1.82) is 0 Å². The van der Waals surface area contributed by atoms with Crippen molar-refractivity contribution in [3.8, 4) is 0 Å². The minimum absolute atomic E-state index is 0.163. The molecule has 23 heavy (non-hydrogen) atoms. The Bertz CT molecular complexity index is 615. The molecule has 1 aromatic carbocycles. The fraction of sp³-hybridized carbons (Fsp3) is 0.421. The number of Topliss-reactive ketones (excluding diaryl/α,β-unsaturated/α-hetero) is 1. The second-order valence-corrected chi connectivity index (χ2v) is 7.17. The first-order chi connectivity index (χ1) is 11.2. The van der Waals surface area contributed by atoms with Crippen LogP contribution in [0.4, 0.5) is 0 Å². The Morgan fingerprint density at radius 2 is 1.96 bits per heavy atom. The number of likely N-dealkylation sites (tertiary alicyclic amines) is 1. The first kappa shape index (κ1) is 16.4. The predicted molar refractivity (Wildman–Crippen MR) is 96.2 cm³/mol. The van der Waals surface area contributed by atoms with E-state index >= 15 is 0 Å². The summed E-state index contributed by atoms with van der Waals surface area (Å²) in [6.07, 6.45) is 2.56. The highest BCUT2D eigenvalue weighted by molar-refractivity contribution is 7.10. The fourth-order valence-corrected chi connectivity index (χ4v) is 3.97. The quantitative estimate of drug-likeness (QED) is 0.787. The lowest BCUT2D eigenvalue weighted by Crippen LogP contribution is -2.35. The van der Waals surface area contributed by atoms with Crippen LogP contribution in [0.15, 0.2) is 41.8 Å². The van der Waals surface area contributed by atoms with E-state index in [0.29, 0.717) is 12.6 Å². The number of carbonyl (C=O) groups is 1. The molecule has 1 fully saturated rings. The van der Waals surface area contributed by atoms with E-state index in [9.17, 15) is 4.79 Å². The van der Waals surface area contributed by atoms with Crippen LogP contribution in [0.2, 0.25) is 0 Å². The third-order valence-electron chi connectivity index (χ3n) is 4.45. The molecule has 2 aromatic rings. The Hall–Kier alpha value is -1.49. The summed E-state index contributed by atoms with van der Waals surface area (Å²) in [6, 6.07) is 12.5. The van der Waals surface area contributed by atoms with Gasteiger partial charge in [0.05, 0.1) is 12.6 Å². The standard InChI is InChI=1S/C19H24N2OS/c1-15-6-8-16(9-7-15)18(22)14-20-13-17(19-5-4-12-23-19)21-10-2-3-11-21/h4-9,12,17,20H,2-3,10-11,13-14H2,1H3. The molecule has 122 valence electrons. The Morgan fingerprint density at radius 1 is 1.22 bits per heavy atom. The Labute approximate surface area is 142 Å². The van der Waals surface area contributed by atoms with E-state index in [0.717, 1.165) is 25.2 Å². The van der Waals surface area contributed by atoms with Crippen molar-refractivity contribution in [3.05, 3.63) is 57.8 Å². The van der Waals surface area contributed by atoms with E-state index < -0.39 is 0 Å². The van der Waals surface area contributed by atoms with Crippen LogP contribution in [0.5, 0.6) is 0 Å². The zero-order valence-electron chi connectivity index (χ0n) is 13.6. The number of benzene rings is 1. The zero-order valence-corrected chi connectivity index (χ0v) is 14.4. The van der Waals surface area contributed by atoms with Crippen molar-refractivity contribution in [2.45, 2.75) is 25.8 Å². The average molecular weight is 328 g/mol. The average Bonchev–Trinajstić information content (AvgIpc) is 3.26. The highest BCUT2D eigenvalue weighted by Gasteiger charge is 2.24. The van der Waals surface area contributed by atoms with Gasteiger partial charge in [-0.1, -0.05) is 35.9 Å². The van der Waals surface area contributed by atoms with E-state index in [1.807, 2.05) is 42.5 Å². The number of nitrogens with zero attached hydrogens (tertiary/aromatic N) is 1. The summed E-state index contributed by atoms with van der Waals surface area (Å²) < 4.78 is 0. The van der Waals surface area contributed by atoms with Crippen LogP contribution in [0.3, 0.4) is 0 Å². The molecule has 0 spiro atoms. The molecule has 3 rings (SSSR count). The van der Waals surface area contributed by atoms with Gasteiger partial charge in [-0.3, -0.25) is 9.69 Å². The van der Waals surface area contributed by atoms with Crippen LogP contribution in [0.25, 0.3) is 0 Å². The molecule has 1 aromatic heterocycles. The summed E-state index contributed by atoms with van der Waals surface area (Å²) in [7, 11) is 0. The maximum atomic E-state index is 12.3. The molecular weight excluding hydrogens is 304 g/mol. The monoisotopic (exact) mass is 328 g/mol. The van der Waals surface area contributed by atoms with Crippen molar-refractivity contribution in [2.75, 3.05) is 26.2 Å². The normalized spacial score (nSPS) is 16.6. The summed E-state index contributed by atoms with van der Waals surface area (Å²) >= 11 is 1.81. The first-order valence-corrected chi connectivity index (χ1v) is 9.20. The molecule has 1 saturated heterocycles. The summed E-state index contributed by atoms with van der Waals surface area (Å²) in [5.41, 5.74) is 1.97. The molecule has 0 radical (unpaired) electrons. The van der Waals surface area contributed by atoms with Gasteiger partial charge in [0.1, 0.15) is 0 Å². The van der Waals surface area contributed by atoms with Gasteiger partial charge in [-0.15, -0.1) is 11.3 Å². The summed E-state index contributed by atoms with van der Waals surface area (Å²) in [5.74, 6) is 0.163. The van der Waals surface area contributed by atoms with Crippen molar-refractivity contribution in [2.24, 2.45) is 0 Å². The van der Waals surface area contributed by atoms with E-state index in [1.54, 1.807) is 0 Å². The van der Waals surface area contributed by atoms with Crippen LogP contribution in [0.1, 0.15) is 39.7 Å². The van der Waals surface area contributed by atoms with Gasteiger partial charge < -0.3 is 5.32 Å². The van der Waals surface area contributed by atoms with Crippen LogP contribution in [-0.4, -0.2) is 36.9 Å². The molecule has 0 aliphatic carbocycles. The second-order valence-electron chi connectivity index (χ2n) is 6.19. The van der Waals surface area contributed by atoms with E-state index in [4.69, 9.17) is 0 Å². The van der Waals surface area contributed by atoms with Crippen molar-refractivity contribution >= 4 is 17.1 Å². The van der Waals surface area contributed by atoms with Crippen LogP contribution in [-0.2, 0) is 0 Å². The lowest BCUT2D eigenvalue weighted by molar-refractivity contribution is 0.0987. The van der Waals surface area contributed by atoms with Gasteiger partial charge in [0.2, 0.25) is 0 Å². The number of rotatable bonds is 7. The largest absolute Gasteiger partial charge is 0.308 e. The molecule has 1 aliphatic rings. The third-order valence-corrected chi connectivity index (χ3v) is 5.42. The molecule has 2 heterocycles. The Morgan fingerprint density at radius 3 is 2.61 bits per heavy atom. The van der Waals surface area contributed by atoms with Crippen LogP contribution in [0, 0.1) is 6.92 Å². The molecule has 3 nitrogen and oxygen atoms in total. The molecule has 1 aliphatic heterocycles. The summed E-state index contributed by atoms with van der Waals surface area (Å²) in [6.45, 7) is 5.59. The SMILES string of the molecule is Cc1ccc(C(=O)CNCC(c2cccs2)N2CCCC2)cc1. The minimum atomic E-state index is 0.163. The molecule has 0 amide bonds. The zero-order chi connectivity index (χ0) is 16.1. The minimum Gasteiger partial charge on any atom is -0.308 e. The number of thiophene rings is 1. The smallest absolute Gasteiger partial charge is 0.176 e. The fourth-order valence-electron chi connectivity index (χ4n) is 3.11. The number of nitrogens with one attached hydrogen (secondary N) is 1. The van der Waals surface area contributed by atoms with Gasteiger partial charge in [-0.25, -0.2) is 0 Å².